The second-order valence-corrected chi connectivity index (χ2v) is 6.11. The van der Waals surface area contributed by atoms with E-state index in [4.69, 9.17) is 5.73 Å². The van der Waals surface area contributed by atoms with Crippen molar-refractivity contribution in [2.24, 2.45) is 11.7 Å². The van der Waals surface area contributed by atoms with E-state index >= 15 is 0 Å². The molecule has 0 aromatic carbocycles. The second-order valence-electron chi connectivity index (χ2n) is 4.36. The zero-order chi connectivity index (χ0) is 13.3. The predicted octanol–water partition coefficient (Wildman–Crippen LogP) is 0.0522. The fraction of sp³-hybridized carbons (Fsp3) is 1.00. The maximum absolute atomic E-state index is 11.9. The molecular formula is C8H16F3N3O2S. The third kappa shape index (κ3) is 4.78. The van der Waals surface area contributed by atoms with Crippen LogP contribution in [0.2, 0.25) is 0 Å². The van der Waals surface area contributed by atoms with E-state index in [1.807, 2.05) is 6.92 Å². The Morgan fingerprint density at radius 1 is 1.41 bits per heavy atom. The smallest absolute Gasteiger partial charge is 0.326 e. The lowest BCUT2D eigenvalue weighted by Gasteiger charge is -2.33. The molecule has 5 nitrogen and oxygen atoms in total. The lowest BCUT2D eigenvalue weighted by atomic mass is 9.99. The Kier molecular flexibility index (Phi) is 4.39. The summed E-state index contributed by atoms with van der Waals surface area (Å²) in [5.74, 6) is 0.0428. The second kappa shape index (κ2) is 5.09. The van der Waals surface area contributed by atoms with Crippen molar-refractivity contribution in [2.75, 3.05) is 19.6 Å². The maximum Gasteiger partial charge on any atom is 0.402 e. The molecule has 1 aliphatic rings. The van der Waals surface area contributed by atoms with Gasteiger partial charge in [-0.3, -0.25) is 0 Å². The van der Waals surface area contributed by atoms with Crippen molar-refractivity contribution in [2.45, 2.75) is 25.6 Å². The van der Waals surface area contributed by atoms with Crippen molar-refractivity contribution in [1.29, 1.82) is 0 Å². The van der Waals surface area contributed by atoms with Crippen LogP contribution in [0.15, 0.2) is 0 Å². The van der Waals surface area contributed by atoms with Crippen LogP contribution in [-0.2, 0) is 10.2 Å². The van der Waals surface area contributed by atoms with Crippen LogP contribution in [0.1, 0.15) is 13.3 Å². The SMILES string of the molecule is CC1CC(N)CN(S(=O)(=O)NCC(F)(F)F)C1. The van der Waals surface area contributed by atoms with Crippen molar-refractivity contribution in [1.82, 2.24) is 9.03 Å². The van der Waals surface area contributed by atoms with Gasteiger partial charge in [0.05, 0.1) is 0 Å². The quantitative estimate of drug-likeness (QED) is 0.764. The van der Waals surface area contributed by atoms with Crippen LogP contribution < -0.4 is 10.5 Å². The van der Waals surface area contributed by atoms with Crippen molar-refractivity contribution in [3.05, 3.63) is 0 Å². The highest BCUT2D eigenvalue weighted by Gasteiger charge is 2.34. The van der Waals surface area contributed by atoms with Crippen molar-refractivity contribution >= 4 is 10.2 Å². The Labute approximate surface area is 98.3 Å². The van der Waals surface area contributed by atoms with Gasteiger partial charge in [0.1, 0.15) is 6.54 Å². The Hall–Kier alpha value is -0.380. The molecule has 0 spiro atoms. The zero-order valence-corrected chi connectivity index (χ0v) is 10.2. The first kappa shape index (κ1) is 14.7. The van der Waals surface area contributed by atoms with Gasteiger partial charge in [0.2, 0.25) is 0 Å². The molecule has 3 N–H and O–H groups in total. The Morgan fingerprint density at radius 3 is 2.47 bits per heavy atom. The van der Waals surface area contributed by atoms with Crippen LogP contribution >= 0.6 is 0 Å². The molecule has 1 aliphatic heterocycles. The van der Waals surface area contributed by atoms with Crippen LogP contribution in [0.25, 0.3) is 0 Å². The largest absolute Gasteiger partial charge is 0.402 e. The van der Waals surface area contributed by atoms with Crippen LogP contribution in [-0.4, -0.2) is 44.6 Å². The molecule has 0 aromatic rings. The highest BCUT2D eigenvalue weighted by atomic mass is 32.2. The van der Waals surface area contributed by atoms with Gasteiger partial charge in [0.15, 0.2) is 0 Å². The molecule has 0 saturated carbocycles. The maximum atomic E-state index is 11.9. The fourth-order valence-corrected chi connectivity index (χ4v) is 3.18. The van der Waals surface area contributed by atoms with Gasteiger partial charge >= 0.3 is 6.18 Å². The van der Waals surface area contributed by atoms with E-state index < -0.39 is 22.9 Å². The number of halogens is 3. The topological polar surface area (TPSA) is 75.4 Å². The van der Waals surface area contributed by atoms with Crippen molar-refractivity contribution < 1.29 is 21.6 Å². The summed E-state index contributed by atoms with van der Waals surface area (Å²) in [5, 5.41) is 0. The lowest BCUT2D eigenvalue weighted by Crippen LogP contribution is -2.53. The summed E-state index contributed by atoms with van der Waals surface area (Å²) >= 11 is 0. The average Bonchev–Trinajstić information content (AvgIpc) is 2.12. The average molecular weight is 275 g/mol. The summed E-state index contributed by atoms with van der Waals surface area (Å²) in [4.78, 5) is 0. The molecule has 0 aliphatic carbocycles. The molecule has 0 radical (unpaired) electrons. The van der Waals surface area contributed by atoms with E-state index in [0.29, 0.717) is 6.42 Å². The number of nitrogens with one attached hydrogen (secondary N) is 1. The van der Waals surface area contributed by atoms with Gasteiger partial charge in [-0.1, -0.05) is 6.92 Å². The highest BCUT2D eigenvalue weighted by molar-refractivity contribution is 7.87. The molecule has 2 atom stereocenters. The molecule has 1 saturated heterocycles. The number of piperidine rings is 1. The highest BCUT2D eigenvalue weighted by Crippen LogP contribution is 2.18. The summed E-state index contributed by atoms with van der Waals surface area (Å²) in [5.41, 5.74) is 5.64. The first-order valence-electron chi connectivity index (χ1n) is 5.17. The molecule has 1 rings (SSSR count). The first-order valence-corrected chi connectivity index (χ1v) is 6.61. The summed E-state index contributed by atoms with van der Waals surface area (Å²) in [6.07, 6.45) is -3.89. The van der Waals surface area contributed by atoms with Gasteiger partial charge < -0.3 is 5.73 Å². The minimum absolute atomic E-state index is 0.0428. The minimum atomic E-state index is -4.56. The van der Waals surface area contributed by atoms with Gasteiger partial charge in [-0.25, -0.2) is 0 Å². The monoisotopic (exact) mass is 275 g/mol. The Morgan fingerprint density at radius 2 is 2.00 bits per heavy atom. The first-order chi connectivity index (χ1) is 7.60. The van der Waals surface area contributed by atoms with Gasteiger partial charge in [-0.15, -0.1) is 0 Å². The normalized spacial score (nSPS) is 28.3. The Bertz CT molecular complexity index is 348. The molecule has 102 valence electrons. The van der Waals surface area contributed by atoms with E-state index in [2.05, 4.69) is 0 Å². The summed E-state index contributed by atoms with van der Waals surface area (Å²) < 4.78 is 61.5. The molecule has 17 heavy (non-hydrogen) atoms. The van der Waals surface area contributed by atoms with Gasteiger partial charge in [-0.05, 0) is 12.3 Å². The molecule has 0 amide bonds. The van der Waals surface area contributed by atoms with Crippen LogP contribution in [0, 0.1) is 5.92 Å². The van der Waals surface area contributed by atoms with Crippen LogP contribution in [0.5, 0.6) is 0 Å². The third-order valence-corrected chi connectivity index (χ3v) is 3.94. The fourth-order valence-electron chi connectivity index (χ4n) is 1.81. The van der Waals surface area contributed by atoms with Crippen LogP contribution in [0.3, 0.4) is 0 Å². The third-order valence-electron chi connectivity index (χ3n) is 2.45. The molecule has 2 unspecified atom stereocenters. The van der Waals surface area contributed by atoms with Crippen molar-refractivity contribution in [3.8, 4) is 0 Å². The van der Waals surface area contributed by atoms with E-state index in [9.17, 15) is 21.6 Å². The standard InChI is InChI=1S/C8H16F3N3O2S/c1-6-2-7(12)4-14(3-6)17(15,16)13-5-8(9,10)11/h6-7,13H,2-5,12H2,1H3. The number of rotatable bonds is 3. The van der Waals surface area contributed by atoms with Crippen LogP contribution in [0.4, 0.5) is 13.2 Å². The van der Waals surface area contributed by atoms with Crippen molar-refractivity contribution in [3.63, 3.8) is 0 Å². The summed E-state index contributed by atoms with van der Waals surface area (Å²) in [6.45, 7) is 0.499. The number of hydrogen-bond donors (Lipinski definition) is 2. The number of nitrogens with two attached hydrogens (primary N) is 1. The minimum Gasteiger partial charge on any atom is -0.326 e. The zero-order valence-electron chi connectivity index (χ0n) is 9.37. The molecule has 9 heteroatoms. The van der Waals surface area contributed by atoms with E-state index in [1.54, 1.807) is 0 Å². The lowest BCUT2D eigenvalue weighted by molar-refractivity contribution is -0.121. The van der Waals surface area contributed by atoms with E-state index in [0.717, 1.165) is 4.31 Å². The summed E-state index contributed by atoms with van der Waals surface area (Å²) in [7, 11) is -4.10. The molecular weight excluding hydrogens is 259 g/mol. The van der Waals surface area contributed by atoms with Gasteiger partial charge in [0.25, 0.3) is 10.2 Å². The molecule has 1 heterocycles. The molecule has 1 fully saturated rings. The predicted molar refractivity (Wildman–Crippen MR) is 56.3 cm³/mol. The van der Waals surface area contributed by atoms with E-state index in [1.165, 1.54) is 4.72 Å². The van der Waals surface area contributed by atoms with E-state index in [-0.39, 0.29) is 25.0 Å². The Balaban J connectivity index is 2.63. The molecule has 0 bridgehead atoms. The number of hydrogen-bond acceptors (Lipinski definition) is 3. The summed E-state index contributed by atoms with van der Waals surface area (Å²) in [6, 6.07) is -0.332. The number of alkyl halides is 3. The number of nitrogens with zero attached hydrogens (tertiary/aromatic N) is 1. The molecule has 0 aromatic heterocycles. The van der Waals surface area contributed by atoms with Gasteiger partial charge in [-0.2, -0.15) is 30.6 Å². The van der Waals surface area contributed by atoms with Gasteiger partial charge in [0, 0.05) is 19.1 Å².